The molecule has 1 fully saturated rings. The maximum Gasteiger partial charge on any atom is 0.222 e. The quantitative estimate of drug-likeness (QED) is 0.864. The van der Waals surface area contributed by atoms with Gasteiger partial charge in [0.1, 0.15) is 0 Å². The van der Waals surface area contributed by atoms with Crippen LogP contribution >= 0.6 is 0 Å². The number of amides is 1. The van der Waals surface area contributed by atoms with Gasteiger partial charge in [-0.15, -0.1) is 0 Å². The molecule has 0 aliphatic carbocycles. The fourth-order valence-electron chi connectivity index (χ4n) is 2.45. The summed E-state index contributed by atoms with van der Waals surface area (Å²) in [5, 5.41) is 6.42. The summed E-state index contributed by atoms with van der Waals surface area (Å²) in [7, 11) is 0. The number of ether oxygens (including phenoxy) is 1. The average Bonchev–Trinajstić information content (AvgIpc) is 2.47. The summed E-state index contributed by atoms with van der Waals surface area (Å²) in [6, 6.07) is 8.57. The van der Waals surface area contributed by atoms with Crippen LogP contribution < -0.4 is 10.6 Å². The first kappa shape index (κ1) is 15.0. The summed E-state index contributed by atoms with van der Waals surface area (Å²) >= 11 is 0. The number of hydrogen-bond acceptors (Lipinski definition) is 3. The fraction of sp³-hybridized carbons (Fsp3) is 0.562. The molecule has 4 nitrogen and oxygen atoms in total. The summed E-state index contributed by atoms with van der Waals surface area (Å²) < 4.78 is 5.37. The molecule has 1 heterocycles. The highest BCUT2D eigenvalue weighted by Crippen LogP contribution is 2.17. The van der Waals surface area contributed by atoms with Crippen molar-refractivity contribution >= 4 is 5.91 Å². The SMILES string of the molecule is CCC(NC(=O)CC1COCCN1)c1ccc(C)cc1. The number of carbonyl (C=O) groups excluding carboxylic acids is 1. The van der Waals surface area contributed by atoms with Crippen molar-refractivity contribution in [2.24, 2.45) is 0 Å². The predicted molar refractivity (Wildman–Crippen MR) is 79.6 cm³/mol. The van der Waals surface area contributed by atoms with Gasteiger partial charge in [-0.2, -0.15) is 0 Å². The second-order valence-corrected chi connectivity index (χ2v) is 5.37. The lowest BCUT2D eigenvalue weighted by Gasteiger charge is -2.24. The zero-order chi connectivity index (χ0) is 14.4. The standard InChI is InChI=1S/C16H24N2O2/c1-3-15(13-6-4-12(2)5-7-13)18-16(19)10-14-11-20-9-8-17-14/h4-7,14-15,17H,3,8-11H2,1-2H3,(H,18,19). The number of hydrogen-bond donors (Lipinski definition) is 2. The molecule has 1 saturated heterocycles. The third kappa shape index (κ3) is 4.32. The minimum absolute atomic E-state index is 0.0837. The molecule has 0 bridgehead atoms. The van der Waals surface area contributed by atoms with Crippen molar-refractivity contribution in [2.45, 2.75) is 38.8 Å². The number of benzene rings is 1. The molecule has 1 aromatic rings. The van der Waals surface area contributed by atoms with Gasteiger partial charge in [0.2, 0.25) is 5.91 Å². The Kier molecular flexibility index (Phi) is 5.56. The van der Waals surface area contributed by atoms with Crippen LogP contribution in [0, 0.1) is 6.92 Å². The molecule has 1 aliphatic heterocycles. The molecule has 1 aromatic carbocycles. The number of rotatable bonds is 5. The van der Waals surface area contributed by atoms with Crippen LogP contribution in [-0.4, -0.2) is 31.7 Å². The molecule has 2 rings (SSSR count). The highest BCUT2D eigenvalue weighted by atomic mass is 16.5. The highest BCUT2D eigenvalue weighted by Gasteiger charge is 2.19. The Morgan fingerprint density at radius 1 is 1.45 bits per heavy atom. The molecule has 0 saturated carbocycles. The van der Waals surface area contributed by atoms with Gasteiger partial charge in [0.05, 0.1) is 19.3 Å². The summed E-state index contributed by atoms with van der Waals surface area (Å²) in [6.07, 6.45) is 1.37. The first-order valence-corrected chi connectivity index (χ1v) is 7.36. The first-order chi connectivity index (χ1) is 9.69. The Morgan fingerprint density at radius 2 is 2.20 bits per heavy atom. The van der Waals surface area contributed by atoms with Gasteiger partial charge in [-0.25, -0.2) is 0 Å². The summed E-state index contributed by atoms with van der Waals surface area (Å²) in [5.74, 6) is 0.0837. The van der Waals surface area contributed by atoms with Crippen molar-refractivity contribution in [3.8, 4) is 0 Å². The van der Waals surface area contributed by atoms with Crippen molar-refractivity contribution in [2.75, 3.05) is 19.8 Å². The van der Waals surface area contributed by atoms with Crippen LogP contribution in [0.25, 0.3) is 0 Å². The number of aryl methyl sites for hydroxylation is 1. The van der Waals surface area contributed by atoms with E-state index in [-0.39, 0.29) is 18.0 Å². The molecule has 4 heteroatoms. The molecule has 2 unspecified atom stereocenters. The molecule has 20 heavy (non-hydrogen) atoms. The van der Waals surface area contributed by atoms with Crippen molar-refractivity contribution in [1.29, 1.82) is 0 Å². The van der Waals surface area contributed by atoms with Gasteiger partial charge in [-0.3, -0.25) is 4.79 Å². The van der Waals surface area contributed by atoms with Crippen LogP contribution in [0.5, 0.6) is 0 Å². The molecule has 0 spiro atoms. The van der Waals surface area contributed by atoms with Crippen molar-refractivity contribution in [3.05, 3.63) is 35.4 Å². The Balaban J connectivity index is 1.88. The second-order valence-electron chi connectivity index (χ2n) is 5.37. The summed E-state index contributed by atoms with van der Waals surface area (Å²) in [5.41, 5.74) is 2.40. The monoisotopic (exact) mass is 276 g/mol. The Labute approximate surface area is 120 Å². The van der Waals surface area contributed by atoms with Crippen LogP contribution in [0.15, 0.2) is 24.3 Å². The zero-order valence-electron chi connectivity index (χ0n) is 12.3. The minimum atomic E-state index is 0.0837. The maximum absolute atomic E-state index is 12.1. The predicted octanol–water partition coefficient (Wildman–Crippen LogP) is 1.94. The molecule has 1 amide bonds. The fourth-order valence-corrected chi connectivity index (χ4v) is 2.45. The lowest BCUT2D eigenvalue weighted by atomic mass is 10.0. The number of nitrogens with one attached hydrogen (secondary N) is 2. The van der Waals surface area contributed by atoms with Gasteiger partial charge in [0, 0.05) is 19.0 Å². The van der Waals surface area contributed by atoms with Crippen LogP contribution in [0.4, 0.5) is 0 Å². The lowest BCUT2D eigenvalue weighted by Crippen LogP contribution is -2.44. The van der Waals surface area contributed by atoms with E-state index < -0.39 is 0 Å². The number of morpholine rings is 1. The Morgan fingerprint density at radius 3 is 2.80 bits per heavy atom. The average molecular weight is 276 g/mol. The smallest absolute Gasteiger partial charge is 0.222 e. The Hall–Kier alpha value is -1.39. The lowest BCUT2D eigenvalue weighted by molar-refractivity contribution is -0.123. The first-order valence-electron chi connectivity index (χ1n) is 7.36. The van der Waals surface area contributed by atoms with Gasteiger partial charge >= 0.3 is 0 Å². The van der Waals surface area contributed by atoms with E-state index in [1.54, 1.807) is 0 Å². The van der Waals surface area contributed by atoms with E-state index in [1.165, 1.54) is 11.1 Å². The van der Waals surface area contributed by atoms with Gasteiger partial charge in [-0.1, -0.05) is 36.8 Å². The van der Waals surface area contributed by atoms with E-state index in [1.807, 2.05) is 0 Å². The molecule has 1 aliphatic rings. The normalized spacial score (nSPS) is 20.4. The van der Waals surface area contributed by atoms with Crippen LogP contribution in [0.1, 0.15) is 36.9 Å². The van der Waals surface area contributed by atoms with Gasteiger partial charge in [0.15, 0.2) is 0 Å². The topological polar surface area (TPSA) is 50.4 Å². The van der Waals surface area contributed by atoms with E-state index >= 15 is 0 Å². The zero-order valence-corrected chi connectivity index (χ0v) is 12.3. The van der Waals surface area contributed by atoms with E-state index in [0.29, 0.717) is 13.0 Å². The van der Waals surface area contributed by atoms with E-state index in [2.05, 4.69) is 48.7 Å². The summed E-state index contributed by atoms with van der Waals surface area (Å²) in [6.45, 7) is 6.34. The second kappa shape index (κ2) is 7.41. The molecule has 0 radical (unpaired) electrons. The third-order valence-corrected chi connectivity index (χ3v) is 3.65. The molecule has 2 N–H and O–H groups in total. The van der Waals surface area contributed by atoms with Crippen molar-refractivity contribution < 1.29 is 9.53 Å². The van der Waals surface area contributed by atoms with Crippen LogP contribution in [-0.2, 0) is 9.53 Å². The molecular weight excluding hydrogens is 252 g/mol. The van der Waals surface area contributed by atoms with Gasteiger partial charge < -0.3 is 15.4 Å². The van der Waals surface area contributed by atoms with Crippen LogP contribution in [0.3, 0.4) is 0 Å². The molecular formula is C16H24N2O2. The van der Waals surface area contributed by atoms with Crippen molar-refractivity contribution in [3.63, 3.8) is 0 Å². The number of carbonyl (C=O) groups is 1. The Bertz CT molecular complexity index is 425. The van der Waals surface area contributed by atoms with E-state index in [9.17, 15) is 4.79 Å². The van der Waals surface area contributed by atoms with E-state index in [0.717, 1.165) is 19.6 Å². The maximum atomic E-state index is 12.1. The highest BCUT2D eigenvalue weighted by molar-refractivity contribution is 5.77. The molecule has 2 atom stereocenters. The largest absolute Gasteiger partial charge is 0.378 e. The third-order valence-electron chi connectivity index (χ3n) is 3.65. The van der Waals surface area contributed by atoms with E-state index in [4.69, 9.17) is 4.74 Å². The van der Waals surface area contributed by atoms with Gasteiger partial charge in [0.25, 0.3) is 0 Å². The molecule has 0 aromatic heterocycles. The van der Waals surface area contributed by atoms with Gasteiger partial charge in [-0.05, 0) is 18.9 Å². The van der Waals surface area contributed by atoms with Crippen molar-refractivity contribution in [1.82, 2.24) is 10.6 Å². The summed E-state index contributed by atoms with van der Waals surface area (Å²) in [4.78, 5) is 12.1. The van der Waals surface area contributed by atoms with Crippen LogP contribution in [0.2, 0.25) is 0 Å². The minimum Gasteiger partial charge on any atom is -0.378 e. The molecule has 110 valence electrons.